The number of fused-ring (bicyclic) bond motifs is 3. The number of nitrogens with zero attached hydrogens (tertiary/aromatic N) is 5. The Morgan fingerprint density at radius 2 is 1.95 bits per heavy atom. The van der Waals surface area contributed by atoms with Gasteiger partial charge in [-0.05, 0) is 55.8 Å². The number of pyridine rings is 2. The summed E-state index contributed by atoms with van der Waals surface area (Å²) in [4.78, 5) is 32.3. The molecule has 8 nitrogen and oxygen atoms in total. The Kier molecular flexibility index (Phi) is 6.24. The van der Waals surface area contributed by atoms with Crippen LogP contribution in [0.3, 0.4) is 0 Å². The van der Waals surface area contributed by atoms with Crippen LogP contribution in [0.25, 0.3) is 10.9 Å². The molecule has 37 heavy (non-hydrogen) atoms. The minimum absolute atomic E-state index is 0.0489. The molecular weight excluding hydrogens is 485 g/mol. The van der Waals surface area contributed by atoms with Crippen LogP contribution in [-0.2, 0) is 24.1 Å². The molecule has 1 aromatic carbocycles. The third-order valence-electron chi connectivity index (χ3n) is 6.47. The number of amides is 1. The maximum atomic E-state index is 13.9. The Morgan fingerprint density at radius 1 is 1.19 bits per heavy atom. The van der Waals surface area contributed by atoms with Crippen LogP contribution in [0, 0.1) is 0 Å². The second-order valence-corrected chi connectivity index (χ2v) is 8.83. The summed E-state index contributed by atoms with van der Waals surface area (Å²) in [6, 6.07) is 8.40. The van der Waals surface area contributed by atoms with Gasteiger partial charge in [-0.1, -0.05) is 0 Å². The number of aromatic nitrogens is 4. The molecule has 2 N–H and O–H groups in total. The molecule has 1 amide bonds. The molecule has 3 aromatic heterocycles. The first kappa shape index (κ1) is 24.6. The van der Waals surface area contributed by atoms with Gasteiger partial charge < -0.3 is 15.4 Å². The molecule has 0 bridgehead atoms. The first-order valence-corrected chi connectivity index (χ1v) is 11.6. The van der Waals surface area contributed by atoms with E-state index in [1.54, 1.807) is 43.6 Å². The fraction of sp³-hybridized carbons (Fsp3) is 0.269. The van der Waals surface area contributed by atoms with Gasteiger partial charge in [0.2, 0.25) is 0 Å². The van der Waals surface area contributed by atoms with Crippen molar-refractivity contribution in [1.82, 2.24) is 24.8 Å². The highest BCUT2D eigenvalue weighted by Gasteiger charge is 2.32. The predicted octanol–water partition coefficient (Wildman–Crippen LogP) is 5.02. The number of nitrogens with two attached hydrogens (primary N) is 1. The first-order chi connectivity index (χ1) is 17.6. The zero-order valence-corrected chi connectivity index (χ0v) is 20.0. The quantitative estimate of drug-likeness (QED) is 0.404. The second-order valence-electron chi connectivity index (χ2n) is 8.83. The standard InChI is InChI=1S/C26H23F3N6O2/c1-14(24-31-8-3-9-32-24)35(12-18-6-5-17(11-33-18)26(27,28)29)25(36)16-4-7-21-19(10-16)20-13-37-15(2)22(20)23(30)34-21/h3-11,14-15H,12-13H2,1-2H3,(H2,30,34)/t14?,15-/m1/s1. The molecule has 2 atom stereocenters. The molecule has 0 saturated heterocycles. The molecule has 0 spiro atoms. The van der Waals surface area contributed by atoms with Gasteiger partial charge >= 0.3 is 6.18 Å². The Balaban J connectivity index is 1.54. The SMILES string of the molecule is CC(c1ncccn1)N(Cc1ccc(C(F)(F)F)cn1)C(=O)c1ccc2nc(N)c3c(c2c1)CO[C@@H]3C. The van der Waals surface area contributed by atoms with Crippen LogP contribution in [0.5, 0.6) is 0 Å². The van der Waals surface area contributed by atoms with Crippen LogP contribution in [0.15, 0.2) is 55.0 Å². The van der Waals surface area contributed by atoms with Gasteiger partial charge in [0.15, 0.2) is 0 Å². The topological polar surface area (TPSA) is 107 Å². The summed E-state index contributed by atoms with van der Waals surface area (Å²) in [7, 11) is 0. The van der Waals surface area contributed by atoms with Crippen molar-refractivity contribution in [2.45, 2.75) is 45.3 Å². The van der Waals surface area contributed by atoms with Crippen LogP contribution >= 0.6 is 0 Å². The molecule has 1 unspecified atom stereocenters. The molecular formula is C26H23F3N6O2. The molecule has 4 aromatic rings. The van der Waals surface area contributed by atoms with Crippen molar-refractivity contribution < 1.29 is 22.7 Å². The molecule has 1 aliphatic rings. The number of rotatable bonds is 5. The molecule has 0 fully saturated rings. The number of ether oxygens (including phenoxy) is 1. The number of alkyl halides is 3. The fourth-order valence-corrected chi connectivity index (χ4v) is 4.48. The minimum Gasteiger partial charge on any atom is -0.383 e. The normalized spacial score (nSPS) is 16.0. The number of carbonyl (C=O) groups excluding carboxylic acids is 1. The fourth-order valence-electron chi connectivity index (χ4n) is 4.48. The van der Waals surface area contributed by atoms with Crippen molar-refractivity contribution in [3.8, 4) is 0 Å². The Hall–Kier alpha value is -4.12. The van der Waals surface area contributed by atoms with E-state index in [1.165, 1.54) is 11.0 Å². The van der Waals surface area contributed by atoms with Crippen molar-refractivity contribution in [2.75, 3.05) is 5.73 Å². The largest absolute Gasteiger partial charge is 0.417 e. The predicted molar refractivity (Wildman–Crippen MR) is 129 cm³/mol. The third kappa shape index (κ3) is 4.69. The number of carbonyl (C=O) groups is 1. The minimum atomic E-state index is -4.50. The summed E-state index contributed by atoms with van der Waals surface area (Å²) in [5.41, 5.74) is 8.29. The van der Waals surface area contributed by atoms with Gasteiger partial charge in [-0.15, -0.1) is 0 Å². The van der Waals surface area contributed by atoms with Crippen LogP contribution < -0.4 is 5.73 Å². The number of halogens is 3. The highest BCUT2D eigenvalue weighted by atomic mass is 19.4. The van der Waals surface area contributed by atoms with E-state index in [-0.39, 0.29) is 18.6 Å². The zero-order valence-electron chi connectivity index (χ0n) is 20.0. The molecule has 190 valence electrons. The van der Waals surface area contributed by atoms with E-state index in [1.807, 2.05) is 6.92 Å². The summed E-state index contributed by atoms with van der Waals surface area (Å²) in [5.74, 6) is 0.429. The van der Waals surface area contributed by atoms with Gasteiger partial charge in [0.05, 0.1) is 42.1 Å². The zero-order chi connectivity index (χ0) is 26.3. The van der Waals surface area contributed by atoms with E-state index < -0.39 is 17.8 Å². The molecule has 4 heterocycles. The van der Waals surface area contributed by atoms with Gasteiger partial charge in [-0.3, -0.25) is 9.78 Å². The van der Waals surface area contributed by atoms with Crippen molar-refractivity contribution in [3.05, 3.63) is 88.8 Å². The van der Waals surface area contributed by atoms with Crippen molar-refractivity contribution in [3.63, 3.8) is 0 Å². The van der Waals surface area contributed by atoms with E-state index >= 15 is 0 Å². The van der Waals surface area contributed by atoms with E-state index in [4.69, 9.17) is 10.5 Å². The maximum absolute atomic E-state index is 13.9. The van der Waals surface area contributed by atoms with Gasteiger partial charge in [0, 0.05) is 35.1 Å². The number of benzene rings is 1. The molecule has 0 radical (unpaired) electrons. The molecule has 0 saturated carbocycles. The average molecular weight is 509 g/mol. The number of anilines is 1. The highest BCUT2D eigenvalue weighted by Crippen LogP contribution is 2.38. The van der Waals surface area contributed by atoms with Crippen LogP contribution in [0.2, 0.25) is 0 Å². The second kappa shape index (κ2) is 9.40. The maximum Gasteiger partial charge on any atom is 0.417 e. The van der Waals surface area contributed by atoms with E-state index in [9.17, 15) is 18.0 Å². The smallest absolute Gasteiger partial charge is 0.383 e. The summed E-state index contributed by atoms with van der Waals surface area (Å²) >= 11 is 0. The highest BCUT2D eigenvalue weighted by molar-refractivity contribution is 5.99. The Labute approximate surface area is 210 Å². The molecule has 1 aliphatic heterocycles. The van der Waals surface area contributed by atoms with Gasteiger partial charge in [0.1, 0.15) is 11.6 Å². The van der Waals surface area contributed by atoms with E-state index in [0.29, 0.717) is 35.0 Å². The van der Waals surface area contributed by atoms with Crippen molar-refractivity contribution >= 4 is 22.6 Å². The van der Waals surface area contributed by atoms with Gasteiger partial charge in [-0.2, -0.15) is 13.2 Å². The van der Waals surface area contributed by atoms with E-state index in [2.05, 4.69) is 19.9 Å². The number of nitrogen functional groups attached to an aromatic ring is 1. The monoisotopic (exact) mass is 508 g/mol. The lowest BCUT2D eigenvalue weighted by molar-refractivity contribution is -0.137. The average Bonchev–Trinajstić information content (AvgIpc) is 3.29. The summed E-state index contributed by atoms with van der Waals surface area (Å²) in [5, 5.41) is 0.760. The van der Waals surface area contributed by atoms with Gasteiger partial charge in [-0.25, -0.2) is 15.0 Å². The molecule has 11 heteroatoms. The lowest BCUT2D eigenvalue weighted by Gasteiger charge is -2.28. The van der Waals surface area contributed by atoms with Crippen molar-refractivity contribution in [1.29, 1.82) is 0 Å². The number of hydrogen-bond donors (Lipinski definition) is 1. The lowest BCUT2D eigenvalue weighted by Crippen LogP contribution is -2.34. The summed E-state index contributed by atoms with van der Waals surface area (Å²) < 4.78 is 44.8. The number of hydrogen-bond acceptors (Lipinski definition) is 7. The Morgan fingerprint density at radius 3 is 2.62 bits per heavy atom. The lowest BCUT2D eigenvalue weighted by atomic mass is 9.99. The van der Waals surface area contributed by atoms with Crippen molar-refractivity contribution in [2.24, 2.45) is 0 Å². The van der Waals surface area contributed by atoms with E-state index in [0.717, 1.165) is 28.8 Å². The van der Waals surface area contributed by atoms with Crippen LogP contribution in [-0.4, -0.2) is 30.7 Å². The Bertz CT molecular complexity index is 1460. The first-order valence-electron chi connectivity index (χ1n) is 11.6. The van der Waals surface area contributed by atoms with Gasteiger partial charge in [0.25, 0.3) is 5.91 Å². The third-order valence-corrected chi connectivity index (χ3v) is 6.47. The van der Waals surface area contributed by atoms with Crippen LogP contribution in [0.4, 0.5) is 19.0 Å². The summed E-state index contributed by atoms with van der Waals surface area (Å²) in [6.45, 7) is 3.95. The molecule has 5 rings (SSSR count). The summed E-state index contributed by atoms with van der Waals surface area (Å²) in [6.07, 6.45) is -0.819. The molecule has 0 aliphatic carbocycles. The van der Waals surface area contributed by atoms with Crippen LogP contribution in [0.1, 0.15) is 64.6 Å².